The van der Waals surface area contributed by atoms with Crippen molar-refractivity contribution in [2.45, 2.75) is 12.8 Å². The molecule has 7 heteroatoms. The molecule has 0 spiro atoms. The van der Waals surface area contributed by atoms with Crippen molar-refractivity contribution in [1.82, 2.24) is 9.88 Å². The normalized spacial score (nSPS) is 14.7. The maximum Gasteiger partial charge on any atom is 0.306 e. The van der Waals surface area contributed by atoms with Crippen molar-refractivity contribution in [1.29, 1.82) is 0 Å². The Hall–Kier alpha value is -3.22. The Kier molecular flexibility index (Phi) is 5.26. The molecule has 1 aliphatic heterocycles. The van der Waals surface area contributed by atoms with Crippen molar-refractivity contribution in [2.24, 2.45) is 5.92 Å². The Bertz CT molecular complexity index is 797. The Morgan fingerprint density at radius 3 is 2.31 bits per heavy atom. The van der Waals surface area contributed by atoms with Crippen molar-refractivity contribution in [3.8, 4) is 0 Å². The van der Waals surface area contributed by atoms with Crippen LogP contribution in [0.5, 0.6) is 0 Å². The van der Waals surface area contributed by atoms with Gasteiger partial charge in [-0.05, 0) is 49.2 Å². The van der Waals surface area contributed by atoms with Gasteiger partial charge in [0.1, 0.15) is 0 Å². The lowest BCUT2D eigenvalue weighted by molar-refractivity contribution is -0.143. The van der Waals surface area contributed by atoms with Gasteiger partial charge in [-0.15, -0.1) is 0 Å². The van der Waals surface area contributed by atoms with Gasteiger partial charge in [-0.25, -0.2) is 0 Å². The first-order chi connectivity index (χ1) is 12.5. The second-order valence-corrected chi connectivity index (χ2v) is 6.18. The summed E-state index contributed by atoms with van der Waals surface area (Å²) < 4.78 is 0. The summed E-state index contributed by atoms with van der Waals surface area (Å²) >= 11 is 0. The first-order valence-electron chi connectivity index (χ1n) is 8.38. The number of benzene rings is 1. The second-order valence-electron chi connectivity index (χ2n) is 6.18. The molecule has 7 nitrogen and oxygen atoms in total. The fourth-order valence-corrected chi connectivity index (χ4v) is 2.91. The average Bonchev–Trinajstić information content (AvgIpc) is 2.69. The van der Waals surface area contributed by atoms with Crippen molar-refractivity contribution in [2.75, 3.05) is 18.4 Å². The number of piperidine rings is 1. The average molecular weight is 353 g/mol. The zero-order valence-electron chi connectivity index (χ0n) is 14.1. The number of aliphatic carboxylic acids is 1. The number of rotatable bonds is 4. The molecule has 0 atom stereocenters. The quantitative estimate of drug-likeness (QED) is 0.878. The van der Waals surface area contributed by atoms with Crippen LogP contribution in [-0.2, 0) is 4.79 Å². The molecule has 1 aromatic carbocycles. The molecular formula is C19H19N3O4. The van der Waals surface area contributed by atoms with Gasteiger partial charge in [0.2, 0.25) is 0 Å². The van der Waals surface area contributed by atoms with Crippen LogP contribution in [0.3, 0.4) is 0 Å². The smallest absolute Gasteiger partial charge is 0.306 e. The molecule has 0 radical (unpaired) electrons. The Balaban J connectivity index is 1.60. The van der Waals surface area contributed by atoms with Gasteiger partial charge >= 0.3 is 5.97 Å². The van der Waals surface area contributed by atoms with E-state index in [4.69, 9.17) is 5.11 Å². The van der Waals surface area contributed by atoms with E-state index in [9.17, 15) is 14.4 Å². The number of anilines is 1. The van der Waals surface area contributed by atoms with E-state index in [1.165, 1.54) is 6.20 Å². The van der Waals surface area contributed by atoms with Crippen LogP contribution in [0.2, 0.25) is 0 Å². The molecule has 0 bridgehead atoms. The molecule has 2 heterocycles. The van der Waals surface area contributed by atoms with Crippen LogP contribution < -0.4 is 5.32 Å². The van der Waals surface area contributed by atoms with Crippen LogP contribution in [0.4, 0.5) is 5.69 Å². The first kappa shape index (κ1) is 17.6. The summed E-state index contributed by atoms with van der Waals surface area (Å²) in [7, 11) is 0. The minimum Gasteiger partial charge on any atom is -0.481 e. The van der Waals surface area contributed by atoms with Gasteiger partial charge in [-0.1, -0.05) is 0 Å². The molecule has 2 N–H and O–H groups in total. The monoisotopic (exact) mass is 353 g/mol. The summed E-state index contributed by atoms with van der Waals surface area (Å²) in [4.78, 5) is 41.2. The van der Waals surface area contributed by atoms with Gasteiger partial charge in [0, 0.05) is 36.7 Å². The zero-order chi connectivity index (χ0) is 18.5. The highest BCUT2D eigenvalue weighted by Crippen LogP contribution is 2.20. The zero-order valence-corrected chi connectivity index (χ0v) is 14.1. The lowest BCUT2D eigenvalue weighted by Crippen LogP contribution is -2.40. The highest BCUT2D eigenvalue weighted by Gasteiger charge is 2.27. The molecule has 1 aliphatic rings. The van der Waals surface area contributed by atoms with Gasteiger partial charge in [0.25, 0.3) is 11.8 Å². The number of hydrogen-bond donors (Lipinski definition) is 2. The SMILES string of the molecule is O=C(Nc1ccc(C(=O)N2CCC(C(=O)O)CC2)cc1)c1cccnc1. The fraction of sp³-hybridized carbons (Fsp3) is 0.263. The molecule has 1 saturated heterocycles. The van der Waals surface area contributed by atoms with Crippen molar-refractivity contribution < 1.29 is 19.5 Å². The van der Waals surface area contributed by atoms with Gasteiger partial charge in [-0.3, -0.25) is 19.4 Å². The Labute approximate surface area is 150 Å². The molecule has 0 unspecified atom stereocenters. The van der Waals surface area contributed by atoms with Crippen molar-refractivity contribution in [3.05, 3.63) is 59.9 Å². The molecule has 3 rings (SSSR count). The number of likely N-dealkylation sites (tertiary alicyclic amines) is 1. The third kappa shape index (κ3) is 4.05. The molecule has 2 amide bonds. The highest BCUT2D eigenvalue weighted by atomic mass is 16.4. The highest BCUT2D eigenvalue weighted by molar-refractivity contribution is 6.04. The van der Waals surface area contributed by atoms with Crippen LogP contribution in [0, 0.1) is 5.92 Å². The number of hydrogen-bond acceptors (Lipinski definition) is 4. The molecule has 1 fully saturated rings. The molecule has 0 saturated carbocycles. The maximum atomic E-state index is 12.5. The molecule has 134 valence electrons. The van der Waals surface area contributed by atoms with Crippen LogP contribution in [0.15, 0.2) is 48.8 Å². The number of carbonyl (C=O) groups is 3. The van der Waals surface area contributed by atoms with E-state index in [2.05, 4.69) is 10.3 Å². The minimum absolute atomic E-state index is 0.126. The number of carboxylic acids is 1. The third-order valence-corrected chi connectivity index (χ3v) is 4.44. The summed E-state index contributed by atoms with van der Waals surface area (Å²) in [6.45, 7) is 0.880. The van der Waals surface area contributed by atoms with E-state index in [-0.39, 0.29) is 17.7 Å². The number of pyridine rings is 1. The van der Waals surface area contributed by atoms with E-state index in [1.807, 2.05) is 0 Å². The molecule has 0 aliphatic carbocycles. The molecule has 2 aromatic rings. The fourth-order valence-electron chi connectivity index (χ4n) is 2.91. The predicted octanol–water partition coefficient (Wildman–Crippen LogP) is 2.27. The van der Waals surface area contributed by atoms with E-state index >= 15 is 0 Å². The van der Waals surface area contributed by atoms with E-state index in [0.29, 0.717) is 42.7 Å². The number of carboxylic acid groups (broad SMARTS) is 1. The molecular weight excluding hydrogens is 334 g/mol. The van der Waals surface area contributed by atoms with E-state index in [0.717, 1.165) is 0 Å². The van der Waals surface area contributed by atoms with Crippen LogP contribution in [-0.4, -0.2) is 45.9 Å². The summed E-state index contributed by atoms with van der Waals surface area (Å²) in [5.41, 5.74) is 1.55. The summed E-state index contributed by atoms with van der Waals surface area (Å²) in [5.74, 6) is -1.57. The summed E-state index contributed by atoms with van der Waals surface area (Å²) in [6.07, 6.45) is 4.02. The number of aromatic nitrogens is 1. The van der Waals surface area contributed by atoms with Gasteiger partial charge < -0.3 is 15.3 Å². The summed E-state index contributed by atoms with van der Waals surface area (Å²) in [6, 6.07) is 10.0. The van der Waals surface area contributed by atoms with Crippen LogP contribution in [0.1, 0.15) is 33.6 Å². The molecule has 1 aromatic heterocycles. The minimum atomic E-state index is -0.800. The maximum absolute atomic E-state index is 12.5. The largest absolute Gasteiger partial charge is 0.481 e. The first-order valence-corrected chi connectivity index (χ1v) is 8.38. The second kappa shape index (κ2) is 7.77. The van der Waals surface area contributed by atoms with Crippen molar-refractivity contribution in [3.63, 3.8) is 0 Å². The lowest BCUT2D eigenvalue weighted by Gasteiger charge is -2.30. The van der Waals surface area contributed by atoms with Crippen LogP contribution in [0.25, 0.3) is 0 Å². The number of carbonyl (C=O) groups excluding carboxylic acids is 2. The van der Waals surface area contributed by atoms with Gasteiger partial charge in [-0.2, -0.15) is 0 Å². The molecule has 26 heavy (non-hydrogen) atoms. The third-order valence-electron chi connectivity index (χ3n) is 4.44. The Morgan fingerprint density at radius 2 is 1.73 bits per heavy atom. The Morgan fingerprint density at radius 1 is 1.04 bits per heavy atom. The lowest BCUT2D eigenvalue weighted by atomic mass is 9.96. The number of amides is 2. The van der Waals surface area contributed by atoms with E-state index in [1.54, 1.807) is 47.5 Å². The van der Waals surface area contributed by atoms with E-state index < -0.39 is 5.97 Å². The topological polar surface area (TPSA) is 99.6 Å². The van der Waals surface area contributed by atoms with Gasteiger partial charge in [0.05, 0.1) is 11.5 Å². The van der Waals surface area contributed by atoms with Gasteiger partial charge in [0.15, 0.2) is 0 Å². The predicted molar refractivity (Wildman–Crippen MR) is 94.9 cm³/mol. The standard InChI is InChI=1S/C19H19N3O4/c23-17(15-2-1-9-20-12-15)21-16-5-3-13(4-6-16)18(24)22-10-7-14(8-11-22)19(25)26/h1-6,9,12,14H,7-8,10-11H2,(H,21,23)(H,25,26). The van der Waals surface area contributed by atoms with Crippen LogP contribution >= 0.6 is 0 Å². The van der Waals surface area contributed by atoms with Crippen molar-refractivity contribution >= 4 is 23.5 Å². The summed E-state index contributed by atoms with van der Waals surface area (Å²) in [5, 5.41) is 11.8. The number of nitrogens with zero attached hydrogens (tertiary/aromatic N) is 2. The number of nitrogens with one attached hydrogen (secondary N) is 1.